The number of aromatic amines is 1. The van der Waals surface area contributed by atoms with Gasteiger partial charge in [0.1, 0.15) is 0 Å². The Labute approximate surface area is 109 Å². The van der Waals surface area contributed by atoms with E-state index >= 15 is 0 Å². The number of hydrogen-bond acceptors (Lipinski definition) is 1. The Hall–Kier alpha value is 0.326. The molecule has 0 atom stereocenters. The molecule has 2 rings (SSSR count). The van der Waals surface area contributed by atoms with Gasteiger partial charge < -0.3 is 12.5 Å². The maximum absolute atomic E-state index is 3.86. The van der Waals surface area contributed by atoms with E-state index in [2.05, 4.69) is 16.3 Å². The van der Waals surface area contributed by atoms with Crippen molar-refractivity contribution in [3.63, 3.8) is 0 Å². The first-order valence-corrected chi connectivity index (χ1v) is 2.76. The number of nitrogens with zero attached hydrogens (tertiary/aromatic N) is 1. The summed E-state index contributed by atoms with van der Waals surface area (Å²) < 4.78 is 0. The third-order valence-electron chi connectivity index (χ3n) is 1.29. The molecule has 0 aliphatic rings. The molecular weight excluding hydrogens is 163 g/mol. The van der Waals surface area contributed by atoms with Crippen molar-refractivity contribution in [2.24, 2.45) is 0 Å². The van der Waals surface area contributed by atoms with Crippen LogP contribution in [0.5, 0.6) is 0 Å². The Morgan fingerprint density at radius 1 is 1.45 bits per heavy atom. The first kappa shape index (κ1) is 11.3. The van der Waals surface area contributed by atoms with Gasteiger partial charge in [0.15, 0.2) is 0 Å². The number of nitrogens with one attached hydrogen (secondary N) is 1. The summed E-state index contributed by atoms with van der Waals surface area (Å²) in [5.74, 6) is 0. The Balaban J connectivity index is 0.000000500. The van der Waals surface area contributed by atoms with Crippen LogP contribution in [-0.4, -0.2) is 10.2 Å². The molecule has 0 saturated carbocycles. The summed E-state index contributed by atoms with van der Waals surface area (Å²) in [5, 5.41) is 7.83. The van der Waals surface area contributed by atoms with Gasteiger partial charge in [-0.1, -0.05) is 5.39 Å². The predicted molar refractivity (Wildman–Crippen MR) is 41.3 cm³/mol. The van der Waals surface area contributed by atoms with Crippen LogP contribution in [0.25, 0.3) is 10.9 Å². The summed E-state index contributed by atoms with van der Waals surface area (Å²) in [7, 11) is 0. The molecule has 0 aliphatic carbocycles. The fraction of sp³-hybridized carbons (Fsp3) is 0. The summed E-state index contributed by atoms with van der Waals surface area (Å²) >= 11 is 0. The molecule has 0 aliphatic heterocycles. The molecule has 1 aromatic carbocycles. The third kappa shape index (κ3) is 2.38. The van der Waals surface area contributed by atoms with Crippen molar-refractivity contribution in [1.82, 2.24) is 10.2 Å². The SMILES string of the molecule is [CH3-].[K+].[c-]1ccc2cn[nH]c2c1. The van der Waals surface area contributed by atoms with E-state index in [-0.39, 0.29) is 58.8 Å². The van der Waals surface area contributed by atoms with E-state index in [1.54, 1.807) is 6.20 Å². The molecule has 0 fully saturated rings. The van der Waals surface area contributed by atoms with Crippen LogP contribution >= 0.6 is 0 Å². The molecule has 0 spiro atoms. The molecule has 2 nitrogen and oxygen atoms in total. The monoisotopic (exact) mass is 171 g/mol. The fourth-order valence-electron chi connectivity index (χ4n) is 0.823. The molecule has 11 heavy (non-hydrogen) atoms. The van der Waals surface area contributed by atoms with Gasteiger partial charge in [-0.25, -0.2) is 0 Å². The van der Waals surface area contributed by atoms with Gasteiger partial charge in [-0.05, 0) is 5.52 Å². The van der Waals surface area contributed by atoms with Gasteiger partial charge in [0.25, 0.3) is 0 Å². The molecule has 1 N–H and O–H groups in total. The van der Waals surface area contributed by atoms with E-state index < -0.39 is 0 Å². The minimum Gasteiger partial charge on any atom is -0.358 e. The summed E-state index contributed by atoms with van der Waals surface area (Å²) in [6, 6.07) is 8.67. The number of aromatic nitrogens is 2. The van der Waals surface area contributed by atoms with Crippen LogP contribution in [-0.2, 0) is 0 Å². The first-order chi connectivity index (χ1) is 4.47. The van der Waals surface area contributed by atoms with Gasteiger partial charge >= 0.3 is 51.4 Å². The van der Waals surface area contributed by atoms with Gasteiger partial charge in [-0.15, -0.1) is 0 Å². The van der Waals surface area contributed by atoms with Crippen molar-refractivity contribution >= 4 is 10.9 Å². The smallest absolute Gasteiger partial charge is 0.358 e. The fourth-order valence-corrected chi connectivity index (χ4v) is 0.823. The van der Waals surface area contributed by atoms with Crippen molar-refractivity contribution in [2.75, 3.05) is 0 Å². The standard InChI is InChI=1S/C7H5N2.CH3.K/c1-2-4-7-6(3-1)5-8-9-7;;/h1,3-5H,(H,8,9);1H3;/q2*-1;+1. The van der Waals surface area contributed by atoms with Crippen LogP contribution < -0.4 is 51.4 Å². The van der Waals surface area contributed by atoms with Crippen molar-refractivity contribution in [2.45, 2.75) is 0 Å². The molecule has 0 unspecified atom stereocenters. The summed E-state index contributed by atoms with van der Waals surface area (Å²) in [4.78, 5) is 0. The van der Waals surface area contributed by atoms with E-state index in [9.17, 15) is 0 Å². The molecule has 2 aromatic rings. The minimum atomic E-state index is 0. The second kappa shape index (κ2) is 5.06. The molecule has 1 aromatic heterocycles. The van der Waals surface area contributed by atoms with Gasteiger partial charge in [0.2, 0.25) is 0 Å². The summed E-state index contributed by atoms with van der Waals surface area (Å²) in [6.07, 6.45) is 1.79. The maximum atomic E-state index is 3.86. The van der Waals surface area contributed by atoms with Crippen LogP contribution in [0.4, 0.5) is 0 Å². The van der Waals surface area contributed by atoms with Crippen molar-refractivity contribution < 1.29 is 51.4 Å². The van der Waals surface area contributed by atoms with Gasteiger partial charge in [0.05, 0.1) is 0 Å². The van der Waals surface area contributed by atoms with Crippen molar-refractivity contribution in [3.05, 3.63) is 37.9 Å². The van der Waals surface area contributed by atoms with Crippen LogP contribution in [0.15, 0.2) is 24.4 Å². The second-order valence-corrected chi connectivity index (χ2v) is 1.88. The Bertz CT molecular complexity index is 286. The summed E-state index contributed by atoms with van der Waals surface area (Å²) in [5.41, 5.74) is 1.04. The van der Waals surface area contributed by atoms with Gasteiger partial charge in [0, 0.05) is 6.20 Å². The quantitative estimate of drug-likeness (QED) is 0.392. The molecule has 1 heterocycles. The number of benzene rings is 1. The normalized spacial score (nSPS) is 8.36. The molecule has 0 saturated heterocycles. The maximum Gasteiger partial charge on any atom is 1.00 e. The van der Waals surface area contributed by atoms with Crippen LogP contribution in [0.2, 0.25) is 0 Å². The minimum absolute atomic E-state index is 0. The zero-order chi connectivity index (χ0) is 6.10. The van der Waals surface area contributed by atoms with Gasteiger partial charge in [-0.2, -0.15) is 29.4 Å². The van der Waals surface area contributed by atoms with Crippen molar-refractivity contribution in [1.29, 1.82) is 0 Å². The summed E-state index contributed by atoms with van der Waals surface area (Å²) in [6.45, 7) is 0. The molecule has 52 valence electrons. The van der Waals surface area contributed by atoms with Crippen LogP contribution in [0.1, 0.15) is 0 Å². The van der Waals surface area contributed by atoms with Crippen LogP contribution in [0, 0.1) is 13.5 Å². The Morgan fingerprint density at radius 3 is 3.00 bits per heavy atom. The number of fused-ring (bicyclic) bond motifs is 1. The first-order valence-electron chi connectivity index (χ1n) is 2.76. The molecule has 0 bridgehead atoms. The third-order valence-corrected chi connectivity index (χ3v) is 1.29. The van der Waals surface area contributed by atoms with Crippen LogP contribution in [0.3, 0.4) is 0 Å². The Morgan fingerprint density at radius 2 is 2.27 bits per heavy atom. The molecule has 3 heteroatoms. The van der Waals surface area contributed by atoms with Crippen molar-refractivity contribution in [3.8, 4) is 0 Å². The number of hydrogen-bond donors (Lipinski definition) is 1. The van der Waals surface area contributed by atoms with Gasteiger partial charge in [-0.3, -0.25) is 0 Å². The average Bonchev–Trinajstić information content (AvgIpc) is 2.33. The average molecular weight is 171 g/mol. The zero-order valence-electron chi connectivity index (χ0n) is 6.76. The largest absolute Gasteiger partial charge is 1.00 e. The topological polar surface area (TPSA) is 28.7 Å². The predicted octanol–water partition coefficient (Wildman–Crippen LogP) is -1.18. The molecule has 0 amide bonds. The molecule has 0 radical (unpaired) electrons. The Kier molecular flexibility index (Phi) is 5.21. The number of H-pyrrole nitrogens is 1. The van der Waals surface area contributed by atoms with E-state index in [4.69, 9.17) is 0 Å². The van der Waals surface area contributed by atoms with E-state index in [0.29, 0.717) is 0 Å². The van der Waals surface area contributed by atoms with E-state index in [1.807, 2.05) is 18.2 Å². The zero-order valence-corrected chi connectivity index (χ0v) is 9.88. The second-order valence-electron chi connectivity index (χ2n) is 1.88. The molecular formula is C8H8KN2-. The van der Waals surface area contributed by atoms with E-state index in [1.165, 1.54) is 0 Å². The number of rotatable bonds is 0. The van der Waals surface area contributed by atoms with E-state index in [0.717, 1.165) is 10.9 Å².